The van der Waals surface area contributed by atoms with Crippen LogP contribution < -0.4 is 5.32 Å². The second-order valence-electron chi connectivity index (χ2n) is 6.21. The van der Waals surface area contributed by atoms with E-state index in [1.54, 1.807) is 6.08 Å². The summed E-state index contributed by atoms with van der Waals surface area (Å²) in [5.74, 6) is 5.84. The van der Waals surface area contributed by atoms with Crippen LogP contribution in [-0.4, -0.2) is 12.8 Å². The molecule has 0 aliphatic rings. The van der Waals surface area contributed by atoms with Crippen LogP contribution in [0.1, 0.15) is 32.4 Å². The average molecular weight is 305 g/mol. The molecule has 0 saturated heterocycles. The maximum atomic E-state index is 10.8. The lowest BCUT2D eigenvalue weighted by Crippen LogP contribution is -2.18. The Hall–Kier alpha value is -2.37. The topological polar surface area (TPSA) is 29.1 Å². The Balaban J connectivity index is 1.97. The van der Waals surface area contributed by atoms with Crippen LogP contribution in [0.4, 0.5) is 0 Å². The predicted octanol–water partition coefficient (Wildman–Crippen LogP) is 4.28. The van der Waals surface area contributed by atoms with E-state index in [1.807, 2.05) is 19.9 Å². The van der Waals surface area contributed by atoms with Crippen LogP contribution in [0.25, 0.3) is 10.8 Å². The molecule has 1 N–H and O–H groups in total. The van der Waals surface area contributed by atoms with Crippen molar-refractivity contribution in [2.24, 2.45) is 5.41 Å². The molecule has 0 aliphatic carbocycles. The van der Waals surface area contributed by atoms with Gasteiger partial charge in [-0.05, 0) is 43.2 Å². The number of hydrogen-bond donors (Lipinski definition) is 1. The van der Waals surface area contributed by atoms with Crippen molar-refractivity contribution >= 4 is 17.1 Å². The van der Waals surface area contributed by atoms with Gasteiger partial charge in [-0.3, -0.25) is 0 Å². The molecule has 2 nitrogen and oxygen atoms in total. The highest BCUT2D eigenvalue weighted by molar-refractivity contribution is 5.86. The fraction of sp³-hybridized carbons (Fsp3) is 0.286. The summed E-state index contributed by atoms with van der Waals surface area (Å²) >= 11 is 0. The minimum Gasteiger partial charge on any atom is -0.307 e. The lowest BCUT2D eigenvalue weighted by Gasteiger charge is -2.15. The van der Waals surface area contributed by atoms with Gasteiger partial charge in [0.05, 0.1) is 5.41 Å². The van der Waals surface area contributed by atoms with Gasteiger partial charge in [0, 0.05) is 12.6 Å². The third-order valence-corrected chi connectivity index (χ3v) is 3.72. The molecule has 118 valence electrons. The number of carbonyl (C=O) groups excluding carboxylic acids is 1. The van der Waals surface area contributed by atoms with Crippen LogP contribution in [0.2, 0.25) is 0 Å². The molecule has 0 aliphatic heterocycles. The van der Waals surface area contributed by atoms with Crippen LogP contribution in [0, 0.1) is 17.3 Å². The monoisotopic (exact) mass is 305 g/mol. The molecule has 1 atom stereocenters. The first-order valence-electron chi connectivity index (χ1n) is 7.88. The van der Waals surface area contributed by atoms with E-state index in [1.165, 1.54) is 16.3 Å². The van der Waals surface area contributed by atoms with Crippen molar-refractivity contribution in [2.75, 3.05) is 6.54 Å². The zero-order valence-electron chi connectivity index (χ0n) is 14.0. The number of hydrogen-bond acceptors (Lipinski definition) is 2. The SMILES string of the molecule is C[C@@H](NCC=CC#CC(C)(C)C=O)c1cccc2ccccc12. The Kier molecular flexibility index (Phi) is 5.73. The Morgan fingerprint density at radius 2 is 1.91 bits per heavy atom. The number of benzene rings is 2. The Morgan fingerprint density at radius 3 is 2.70 bits per heavy atom. The summed E-state index contributed by atoms with van der Waals surface area (Å²) in [5, 5.41) is 6.02. The molecule has 0 bridgehead atoms. The summed E-state index contributed by atoms with van der Waals surface area (Å²) in [4.78, 5) is 10.8. The summed E-state index contributed by atoms with van der Waals surface area (Å²) in [6.45, 7) is 6.51. The normalized spacial score (nSPS) is 12.8. The van der Waals surface area contributed by atoms with E-state index < -0.39 is 5.41 Å². The minimum atomic E-state index is -0.575. The molecule has 0 fully saturated rings. The van der Waals surface area contributed by atoms with Crippen molar-refractivity contribution in [1.82, 2.24) is 5.32 Å². The second-order valence-corrected chi connectivity index (χ2v) is 6.21. The molecule has 23 heavy (non-hydrogen) atoms. The van der Waals surface area contributed by atoms with E-state index in [-0.39, 0.29) is 6.04 Å². The van der Waals surface area contributed by atoms with Gasteiger partial charge in [0.2, 0.25) is 0 Å². The zero-order valence-corrected chi connectivity index (χ0v) is 14.0. The summed E-state index contributed by atoms with van der Waals surface area (Å²) in [5.41, 5.74) is 0.721. The highest BCUT2D eigenvalue weighted by atomic mass is 16.1. The van der Waals surface area contributed by atoms with Crippen LogP contribution in [0.15, 0.2) is 54.6 Å². The predicted molar refractivity (Wildman–Crippen MR) is 97.1 cm³/mol. The van der Waals surface area contributed by atoms with E-state index in [9.17, 15) is 4.79 Å². The molecule has 0 radical (unpaired) electrons. The van der Waals surface area contributed by atoms with E-state index in [0.29, 0.717) is 0 Å². The van der Waals surface area contributed by atoms with Crippen molar-refractivity contribution in [2.45, 2.75) is 26.8 Å². The zero-order chi connectivity index (χ0) is 16.7. The number of carbonyl (C=O) groups is 1. The smallest absolute Gasteiger partial charge is 0.137 e. The first kappa shape index (κ1) is 17.0. The lowest BCUT2D eigenvalue weighted by molar-refractivity contribution is -0.112. The van der Waals surface area contributed by atoms with Crippen molar-refractivity contribution in [3.05, 3.63) is 60.2 Å². The third kappa shape index (κ3) is 4.81. The van der Waals surface area contributed by atoms with Crippen LogP contribution in [0.5, 0.6) is 0 Å². The van der Waals surface area contributed by atoms with Gasteiger partial charge in [-0.15, -0.1) is 0 Å². The van der Waals surface area contributed by atoms with Crippen LogP contribution >= 0.6 is 0 Å². The molecule has 0 aromatic heterocycles. The molecular weight excluding hydrogens is 282 g/mol. The molecule has 0 unspecified atom stereocenters. The summed E-state index contributed by atoms with van der Waals surface area (Å²) in [6, 6.07) is 15.1. The number of rotatable bonds is 5. The van der Waals surface area contributed by atoms with E-state index in [4.69, 9.17) is 0 Å². The van der Waals surface area contributed by atoms with Gasteiger partial charge in [-0.25, -0.2) is 0 Å². The molecule has 2 aromatic carbocycles. The Morgan fingerprint density at radius 1 is 1.17 bits per heavy atom. The third-order valence-electron chi connectivity index (χ3n) is 3.72. The summed E-state index contributed by atoms with van der Waals surface area (Å²) in [7, 11) is 0. The van der Waals surface area contributed by atoms with Gasteiger partial charge >= 0.3 is 0 Å². The number of aldehydes is 1. The van der Waals surface area contributed by atoms with Gasteiger partial charge in [0.15, 0.2) is 0 Å². The molecule has 2 aromatic rings. The Labute approximate surface area is 138 Å². The number of allylic oxidation sites excluding steroid dienone is 1. The average Bonchev–Trinajstić information content (AvgIpc) is 2.57. The van der Waals surface area contributed by atoms with Gasteiger partial charge in [-0.2, -0.15) is 0 Å². The highest BCUT2D eigenvalue weighted by Crippen LogP contribution is 2.23. The quantitative estimate of drug-likeness (QED) is 0.660. The van der Waals surface area contributed by atoms with Crippen LogP contribution in [-0.2, 0) is 4.79 Å². The van der Waals surface area contributed by atoms with Crippen molar-refractivity contribution < 1.29 is 4.79 Å². The second kappa shape index (κ2) is 7.76. The maximum Gasteiger partial charge on any atom is 0.137 e. The molecule has 0 heterocycles. The van der Waals surface area contributed by atoms with Crippen LogP contribution in [0.3, 0.4) is 0 Å². The fourth-order valence-electron chi connectivity index (χ4n) is 2.36. The van der Waals surface area contributed by atoms with Gasteiger partial charge in [0.1, 0.15) is 6.29 Å². The molecular formula is C21H23NO. The first-order chi connectivity index (χ1) is 11.0. The van der Waals surface area contributed by atoms with Crippen molar-refractivity contribution in [3.63, 3.8) is 0 Å². The first-order valence-corrected chi connectivity index (χ1v) is 7.88. The van der Waals surface area contributed by atoms with E-state index in [2.05, 4.69) is 66.5 Å². The molecule has 2 heteroatoms. The van der Waals surface area contributed by atoms with Crippen molar-refractivity contribution in [1.29, 1.82) is 0 Å². The molecule has 0 saturated carbocycles. The molecule has 2 rings (SSSR count). The Bertz CT molecular complexity index is 757. The lowest BCUT2D eigenvalue weighted by atomic mass is 9.97. The molecule has 0 spiro atoms. The standard InChI is InChI=1S/C21H23NO/c1-17(22-15-8-4-7-14-21(2,3)16-23)19-13-9-11-18-10-5-6-12-20(18)19/h4-6,8-13,16-17,22H,15H2,1-3H3/t17-/m1/s1. The van der Waals surface area contributed by atoms with Gasteiger partial charge < -0.3 is 10.1 Å². The largest absolute Gasteiger partial charge is 0.307 e. The van der Waals surface area contributed by atoms with E-state index in [0.717, 1.165) is 12.8 Å². The molecule has 0 amide bonds. The van der Waals surface area contributed by atoms with Crippen molar-refractivity contribution in [3.8, 4) is 11.8 Å². The number of nitrogens with one attached hydrogen (secondary N) is 1. The summed E-state index contributed by atoms with van der Waals surface area (Å²) in [6.07, 6.45) is 4.65. The highest BCUT2D eigenvalue weighted by Gasteiger charge is 2.10. The van der Waals surface area contributed by atoms with E-state index >= 15 is 0 Å². The number of fused-ring (bicyclic) bond motifs is 1. The minimum absolute atomic E-state index is 0.255. The van der Waals surface area contributed by atoms with Gasteiger partial charge in [-0.1, -0.05) is 60.4 Å². The summed E-state index contributed by atoms with van der Waals surface area (Å²) < 4.78 is 0. The maximum absolute atomic E-state index is 10.8. The fourth-order valence-corrected chi connectivity index (χ4v) is 2.36. The van der Waals surface area contributed by atoms with Gasteiger partial charge in [0.25, 0.3) is 0 Å².